The summed E-state index contributed by atoms with van der Waals surface area (Å²) in [7, 11) is 0. The summed E-state index contributed by atoms with van der Waals surface area (Å²) in [5.41, 5.74) is 9.60. The fraction of sp³-hybridized carbons (Fsp3) is 0.360. The molecule has 4 heterocycles. The molecular weight excluding hydrogens is 462 g/mol. The number of rotatable bonds is 5. The number of thiazole rings is 1. The number of nitrogens with two attached hydrogens (primary N) is 1. The Morgan fingerprint density at radius 2 is 2.00 bits per heavy atom. The summed E-state index contributed by atoms with van der Waals surface area (Å²) in [6.07, 6.45) is 5.10. The van der Waals surface area contributed by atoms with Crippen molar-refractivity contribution in [3.05, 3.63) is 42.2 Å². The molecule has 35 heavy (non-hydrogen) atoms. The molecule has 10 heteroatoms. The van der Waals surface area contributed by atoms with Gasteiger partial charge in [-0.25, -0.2) is 19.6 Å². The number of amides is 1. The SMILES string of the molecule is C=CC(=O)N1CC2CC(n3nc(-c4ccc5nc(CC(C)=O)sc5c4)c4c(N)ncnc43)CC2C1. The minimum atomic E-state index is 0.00760. The fourth-order valence-electron chi connectivity index (χ4n) is 5.64. The molecular formula is C25H25N7O2S. The molecule has 2 aliphatic rings. The van der Waals surface area contributed by atoms with Gasteiger partial charge < -0.3 is 10.6 Å². The molecule has 0 spiro atoms. The Kier molecular flexibility index (Phi) is 5.14. The van der Waals surface area contributed by atoms with E-state index in [0.717, 1.165) is 63.4 Å². The number of nitrogens with zero attached hydrogens (tertiary/aromatic N) is 6. The van der Waals surface area contributed by atoms with E-state index in [0.29, 0.717) is 24.1 Å². The first-order chi connectivity index (χ1) is 16.9. The highest BCUT2D eigenvalue weighted by molar-refractivity contribution is 7.18. The Labute approximate surface area is 205 Å². The lowest BCUT2D eigenvalue weighted by Gasteiger charge is -2.18. The molecule has 9 nitrogen and oxygen atoms in total. The molecule has 2 N–H and O–H groups in total. The van der Waals surface area contributed by atoms with E-state index in [9.17, 15) is 9.59 Å². The number of benzene rings is 1. The average Bonchev–Trinajstić information content (AvgIpc) is 3.57. The maximum Gasteiger partial charge on any atom is 0.245 e. The summed E-state index contributed by atoms with van der Waals surface area (Å²) in [6.45, 7) is 6.72. The molecule has 2 unspecified atom stereocenters. The predicted molar refractivity (Wildman–Crippen MR) is 135 cm³/mol. The molecule has 2 fully saturated rings. The van der Waals surface area contributed by atoms with Gasteiger partial charge in [0.25, 0.3) is 0 Å². The van der Waals surface area contributed by atoms with Gasteiger partial charge in [0.15, 0.2) is 5.65 Å². The molecule has 0 radical (unpaired) electrons. The Balaban J connectivity index is 1.37. The van der Waals surface area contributed by atoms with Crippen LogP contribution in [-0.2, 0) is 16.0 Å². The number of nitrogen functional groups attached to an aromatic ring is 1. The average molecular weight is 488 g/mol. The molecule has 0 bridgehead atoms. The first-order valence-electron chi connectivity index (χ1n) is 11.7. The van der Waals surface area contributed by atoms with E-state index < -0.39 is 0 Å². The number of ketones is 1. The smallest absolute Gasteiger partial charge is 0.245 e. The van der Waals surface area contributed by atoms with Crippen LogP contribution in [0, 0.1) is 11.8 Å². The predicted octanol–water partition coefficient (Wildman–Crippen LogP) is 3.41. The second-order valence-electron chi connectivity index (χ2n) is 9.51. The topological polar surface area (TPSA) is 120 Å². The van der Waals surface area contributed by atoms with E-state index in [1.165, 1.54) is 23.7 Å². The number of hydrogen-bond acceptors (Lipinski definition) is 8. The van der Waals surface area contributed by atoms with Crippen LogP contribution in [0.1, 0.15) is 30.8 Å². The van der Waals surface area contributed by atoms with Crippen molar-refractivity contribution < 1.29 is 9.59 Å². The summed E-state index contributed by atoms with van der Waals surface area (Å²) in [6, 6.07) is 6.18. The molecule has 1 amide bonds. The summed E-state index contributed by atoms with van der Waals surface area (Å²) < 4.78 is 3.01. The number of carbonyl (C=O) groups is 2. The number of aromatic nitrogens is 5. The van der Waals surface area contributed by atoms with Gasteiger partial charge in [-0.3, -0.25) is 9.59 Å². The lowest BCUT2D eigenvalue weighted by Crippen LogP contribution is -2.28. The van der Waals surface area contributed by atoms with Gasteiger partial charge in [-0.15, -0.1) is 11.3 Å². The van der Waals surface area contributed by atoms with Crippen molar-refractivity contribution in [2.24, 2.45) is 11.8 Å². The van der Waals surface area contributed by atoms with Crippen LogP contribution in [0.2, 0.25) is 0 Å². The third kappa shape index (κ3) is 3.68. The van der Waals surface area contributed by atoms with E-state index in [4.69, 9.17) is 10.8 Å². The number of likely N-dealkylation sites (tertiary alicyclic amines) is 1. The van der Waals surface area contributed by atoms with E-state index in [1.807, 2.05) is 21.7 Å². The van der Waals surface area contributed by atoms with Crippen molar-refractivity contribution in [2.45, 2.75) is 32.2 Å². The van der Waals surface area contributed by atoms with Crippen molar-refractivity contribution in [1.29, 1.82) is 0 Å². The third-order valence-electron chi connectivity index (χ3n) is 7.18. The van der Waals surface area contributed by atoms with Gasteiger partial charge in [0.1, 0.15) is 28.6 Å². The van der Waals surface area contributed by atoms with E-state index in [-0.39, 0.29) is 17.7 Å². The zero-order valence-electron chi connectivity index (χ0n) is 19.3. The van der Waals surface area contributed by atoms with Crippen molar-refractivity contribution >= 4 is 50.1 Å². The lowest BCUT2D eigenvalue weighted by molar-refractivity contribution is -0.125. The molecule has 6 rings (SSSR count). The summed E-state index contributed by atoms with van der Waals surface area (Å²) in [5, 5.41) is 6.59. The fourth-order valence-corrected chi connectivity index (χ4v) is 6.71. The van der Waals surface area contributed by atoms with Crippen molar-refractivity contribution in [1.82, 2.24) is 29.6 Å². The number of Topliss-reactive ketones (excluding diaryl/α,β-unsaturated/α-hetero) is 1. The van der Waals surface area contributed by atoms with Gasteiger partial charge in [-0.2, -0.15) is 5.10 Å². The quantitative estimate of drug-likeness (QED) is 0.428. The molecule has 1 aliphatic heterocycles. The molecule has 178 valence electrons. The minimum Gasteiger partial charge on any atom is -0.383 e. The van der Waals surface area contributed by atoms with Crippen LogP contribution in [0.4, 0.5) is 5.82 Å². The van der Waals surface area contributed by atoms with Gasteiger partial charge in [0.05, 0.1) is 28.1 Å². The van der Waals surface area contributed by atoms with Crippen molar-refractivity contribution in [3.63, 3.8) is 0 Å². The molecule has 3 aromatic heterocycles. The van der Waals surface area contributed by atoms with Crippen molar-refractivity contribution in [3.8, 4) is 11.3 Å². The molecule has 1 saturated carbocycles. The number of carbonyl (C=O) groups excluding carboxylic acids is 2. The van der Waals surface area contributed by atoms with Crippen LogP contribution in [0.3, 0.4) is 0 Å². The lowest BCUT2D eigenvalue weighted by atomic mass is 10.0. The van der Waals surface area contributed by atoms with Gasteiger partial charge in [-0.1, -0.05) is 12.6 Å². The van der Waals surface area contributed by atoms with E-state index in [2.05, 4.69) is 27.6 Å². The summed E-state index contributed by atoms with van der Waals surface area (Å²) in [5.74, 6) is 1.39. The highest BCUT2D eigenvalue weighted by Gasteiger charge is 2.43. The zero-order valence-corrected chi connectivity index (χ0v) is 20.2. The van der Waals surface area contributed by atoms with Gasteiger partial charge in [0, 0.05) is 18.7 Å². The normalized spacial score (nSPS) is 21.6. The van der Waals surface area contributed by atoms with Crippen LogP contribution in [-0.4, -0.2) is 54.4 Å². The Morgan fingerprint density at radius 3 is 2.71 bits per heavy atom. The van der Waals surface area contributed by atoms with Crippen LogP contribution in [0.5, 0.6) is 0 Å². The summed E-state index contributed by atoms with van der Waals surface area (Å²) >= 11 is 1.52. The van der Waals surface area contributed by atoms with Crippen LogP contribution in [0.15, 0.2) is 37.2 Å². The number of hydrogen-bond donors (Lipinski definition) is 1. The van der Waals surface area contributed by atoms with E-state index in [1.54, 1.807) is 6.92 Å². The Morgan fingerprint density at radius 1 is 1.23 bits per heavy atom. The standard InChI is InChI=1S/C25H25N7O2S/c1-3-21(34)31-10-15-7-17(8-16(15)11-31)32-25-22(24(26)27-12-28-25)23(30-32)14-4-5-18-19(9-14)35-20(29-18)6-13(2)33/h3-5,9,12,15-17H,1,6-8,10-11H2,2H3,(H2,26,27,28). The molecule has 1 aromatic carbocycles. The highest BCUT2D eigenvalue weighted by atomic mass is 32.1. The van der Waals surface area contributed by atoms with Gasteiger partial charge in [0.2, 0.25) is 5.91 Å². The maximum atomic E-state index is 12.1. The van der Waals surface area contributed by atoms with Crippen LogP contribution < -0.4 is 5.73 Å². The Hall–Kier alpha value is -3.66. The zero-order chi connectivity index (χ0) is 24.3. The van der Waals surface area contributed by atoms with Crippen LogP contribution >= 0.6 is 11.3 Å². The van der Waals surface area contributed by atoms with Gasteiger partial charge in [-0.05, 0) is 49.8 Å². The maximum absolute atomic E-state index is 12.1. The second kappa shape index (κ2) is 8.23. The van der Waals surface area contributed by atoms with Crippen LogP contribution in [0.25, 0.3) is 32.5 Å². The molecule has 1 aliphatic carbocycles. The molecule has 2 atom stereocenters. The first-order valence-corrected chi connectivity index (χ1v) is 12.5. The monoisotopic (exact) mass is 487 g/mol. The third-order valence-corrected chi connectivity index (χ3v) is 8.20. The first kappa shape index (κ1) is 21.8. The highest BCUT2D eigenvalue weighted by Crippen LogP contribution is 2.45. The molecule has 1 saturated heterocycles. The molecule has 4 aromatic rings. The van der Waals surface area contributed by atoms with Crippen molar-refractivity contribution in [2.75, 3.05) is 18.8 Å². The summed E-state index contributed by atoms with van der Waals surface area (Å²) in [4.78, 5) is 38.9. The largest absolute Gasteiger partial charge is 0.383 e. The minimum absolute atomic E-state index is 0.00760. The number of anilines is 1. The number of fused-ring (bicyclic) bond motifs is 3. The van der Waals surface area contributed by atoms with E-state index >= 15 is 0 Å². The van der Waals surface area contributed by atoms with Gasteiger partial charge >= 0.3 is 0 Å². The second-order valence-corrected chi connectivity index (χ2v) is 10.6. The Bertz CT molecular complexity index is 1490.